The van der Waals surface area contributed by atoms with E-state index < -0.39 is 5.79 Å². The van der Waals surface area contributed by atoms with Crippen LogP contribution in [0.25, 0.3) is 0 Å². The van der Waals surface area contributed by atoms with Gasteiger partial charge in [0, 0.05) is 12.8 Å². The molecule has 0 unspecified atom stereocenters. The van der Waals surface area contributed by atoms with Gasteiger partial charge in [-0.15, -0.1) is 0 Å². The summed E-state index contributed by atoms with van der Waals surface area (Å²) in [4.78, 5) is 0. The minimum atomic E-state index is -0.517. The van der Waals surface area contributed by atoms with E-state index in [9.17, 15) is 0 Å². The van der Waals surface area contributed by atoms with Crippen LogP contribution in [-0.4, -0.2) is 18.7 Å². The van der Waals surface area contributed by atoms with Crippen molar-refractivity contribution < 1.29 is 14.2 Å². The van der Waals surface area contributed by atoms with Crippen LogP contribution < -0.4 is 0 Å². The number of benzene rings is 1. The van der Waals surface area contributed by atoms with Gasteiger partial charge in [0.1, 0.15) is 0 Å². The Balaban J connectivity index is 1.86. The number of hydrogen-bond acceptors (Lipinski definition) is 3. The van der Waals surface area contributed by atoms with Gasteiger partial charge < -0.3 is 14.2 Å². The van der Waals surface area contributed by atoms with Crippen LogP contribution >= 0.6 is 0 Å². The van der Waals surface area contributed by atoms with Gasteiger partial charge in [-0.05, 0) is 18.4 Å². The Hall–Kier alpha value is -0.900. The molecule has 3 heterocycles. The van der Waals surface area contributed by atoms with Crippen molar-refractivity contribution in [3.05, 3.63) is 35.9 Å². The summed E-state index contributed by atoms with van der Waals surface area (Å²) in [5.74, 6) is -0.517. The zero-order valence-corrected chi connectivity index (χ0v) is 9.72. The van der Waals surface area contributed by atoms with Crippen LogP contribution in [0.5, 0.6) is 0 Å². The second kappa shape index (κ2) is 3.31. The molecule has 90 valence electrons. The number of rotatable bonds is 1. The fourth-order valence-corrected chi connectivity index (χ4v) is 3.50. The molecule has 4 rings (SSSR count). The first-order valence-electron chi connectivity index (χ1n) is 6.40. The van der Waals surface area contributed by atoms with E-state index in [1.807, 2.05) is 6.07 Å². The average Bonchev–Trinajstić information content (AvgIpc) is 2.79. The van der Waals surface area contributed by atoms with E-state index in [4.69, 9.17) is 14.2 Å². The maximum atomic E-state index is 6.23. The Kier molecular flexibility index (Phi) is 1.96. The fourth-order valence-electron chi connectivity index (χ4n) is 3.50. The van der Waals surface area contributed by atoms with Gasteiger partial charge in [-0.1, -0.05) is 30.3 Å². The molecule has 3 nitrogen and oxygen atoms in total. The minimum absolute atomic E-state index is 0.0794. The van der Waals surface area contributed by atoms with E-state index in [0.717, 1.165) is 32.3 Å². The first-order chi connectivity index (χ1) is 8.35. The lowest BCUT2D eigenvalue weighted by Crippen LogP contribution is -2.46. The summed E-state index contributed by atoms with van der Waals surface area (Å²) < 4.78 is 18.2. The van der Waals surface area contributed by atoms with Crippen LogP contribution in [0.2, 0.25) is 0 Å². The molecule has 3 atom stereocenters. The monoisotopic (exact) mass is 232 g/mol. The zero-order chi connectivity index (χ0) is 11.3. The van der Waals surface area contributed by atoms with Gasteiger partial charge in [-0.2, -0.15) is 0 Å². The summed E-state index contributed by atoms with van der Waals surface area (Å²) in [5, 5.41) is 0. The van der Waals surface area contributed by atoms with Crippen molar-refractivity contribution in [3.63, 3.8) is 0 Å². The van der Waals surface area contributed by atoms with E-state index in [2.05, 4.69) is 24.3 Å². The van der Waals surface area contributed by atoms with Gasteiger partial charge in [0.25, 0.3) is 0 Å². The molecule has 0 radical (unpaired) electrons. The maximum Gasteiger partial charge on any atom is 0.204 e. The van der Waals surface area contributed by atoms with Crippen LogP contribution in [0.15, 0.2) is 30.3 Å². The van der Waals surface area contributed by atoms with Gasteiger partial charge in [0.2, 0.25) is 5.79 Å². The van der Waals surface area contributed by atoms with Gasteiger partial charge in [-0.3, -0.25) is 0 Å². The third kappa shape index (κ3) is 1.17. The number of hydrogen-bond donors (Lipinski definition) is 0. The Labute approximate surface area is 101 Å². The summed E-state index contributed by atoms with van der Waals surface area (Å²) in [5.41, 5.74) is 0.831. The fraction of sp³-hybridized carbons (Fsp3) is 0.571. The standard InChI is InChI=1S/C14H16O3/c1-2-5-11(6-3-1)13-9-10-15-14(13)8-4-7-12(16-13)17-14/h1-3,5-6,12H,4,7-10H2/t12-,13-,14+/m0/s1. The Morgan fingerprint density at radius 2 is 1.94 bits per heavy atom. The van der Waals surface area contributed by atoms with Crippen LogP contribution in [-0.2, 0) is 19.8 Å². The van der Waals surface area contributed by atoms with Crippen molar-refractivity contribution >= 4 is 0 Å². The molecule has 1 aromatic rings. The van der Waals surface area contributed by atoms with E-state index in [1.165, 1.54) is 5.56 Å². The smallest absolute Gasteiger partial charge is 0.204 e. The quantitative estimate of drug-likeness (QED) is 0.744. The highest BCUT2D eigenvalue weighted by Crippen LogP contribution is 2.58. The maximum absolute atomic E-state index is 6.23. The molecule has 0 N–H and O–H groups in total. The lowest BCUT2D eigenvalue weighted by atomic mass is 9.82. The molecule has 1 aromatic carbocycles. The second-order valence-electron chi connectivity index (χ2n) is 5.10. The van der Waals surface area contributed by atoms with Gasteiger partial charge in [0.05, 0.1) is 6.61 Å². The molecular formula is C14H16O3. The number of ether oxygens (including phenoxy) is 3. The van der Waals surface area contributed by atoms with Crippen molar-refractivity contribution in [3.8, 4) is 0 Å². The summed E-state index contributed by atoms with van der Waals surface area (Å²) in [6.07, 6.45) is 3.87. The predicted molar refractivity (Wildman–Crippen MR) is 61.2 cm³/mol. The van der Waals surface area contributed by atoms with Crippen LogP contribution in [0, 0.1) is 0 Å². The van der Waals surface area contributed by atoms with Crippen LogP contribution in [0.4, 0.5) is 0 Å². The van der Waals surface area contributed by atoms with Gasteiger partial charge in [0.15, 0.2) is 11.9 Å². The van der Waals surface area contributed by atoms with Gasteiger partial charge in [-0.25, -0.2) is 0 Å². The molecule has 0 saturated carbocycles. The molecule has 0 aliphatic carbocycles. The van der Waals surface area contributed by atoms with Crippen molar-refractivity contribution in [2.45, 2.75) is 43.4 Å². The van der Waals surface area contributed by atoms with E-state index in [0.29, 0.717) is 0 Å². The van der Waals surface area contributed by atoms with E-state index >= 15 is 0 Å². The summed E-state index contributed by atoms with van der Waals surface area (Å²) in [6, 6.07) is 10.4. The molecule has 3 aliphatic rings. The highest BCUT2D eigenvalue weighted by molar-refractivity contribution is 5.29. The molecule has 3 saturated heterocycles. The zero-order valence-electron chi connectivity index (χ0n) is 9.72. The molecule has 3 fully saturated rings. The summed E-state index contributed by atoms with van der Waals surface area (Å²) in [6.45, 7) is 0.724. The molecular weight excluding hydrogens is 216 g/mol. The second-order valence-corrected chi connectivity index (χ2v) is 5.10. The van der Waals surface area contributed by atoms with Crippen molar-refractivity contribution in [2.24, 2.45) is 0 Å². The van der Waals surface area contributed by atoms with Crippen molar-refractivity contribution in [2.75, 3.05) is 6.61 Å². The van der Waals surface area contributed by atoms with E-state index in [-0.39, 0.29) is 11.9 Å². The normalized spacial score (nSPS) is 43.6. The van der Waals surface area contributed by atoms with Crippen LogP contribution in [0.3, 0.4) is 0 Å². The third-order valence-electron chi connectivity index (χ3n) is 4.24. The third-order valence-corrected chi connectivity index (χ3v) is 4.24. The SMILES string of the molecule is c1ccc([C@@]23CCO[C@@]24CCC[C@H](O4)O3)cc1. The predicted octanol–water partition coefficient (Wildman–Crippen LogP) is 2.56. The lowest BCUT2D eigenvalue weighted by Gasteiger charge is -2.36. The highest BCUT2D eigenvalue weighted by atomic mass is 16.8. The van der Waals surface area contributed by atoms with Crippen LogP contribution in [0.1, 0.15) is 31.2 Å². The molecule has 2 bridgehead atoms. The Morgan fingerprint density at radius 1 is 1.06 bits per heavy atom. The largest absolute Gasteiger partial charge is 0.347 e. The lowest BCUT2D eigenvalue weighted by molar-refractivity contribution is -0.241. The van der Waals surface area contributed by atoms with Gasteiger partial charge >= 0.3 is 0 Å². The topological polar surface area (TPSA) is 27.7 Å². The molecule has 0 aromatic heterocycles. The summed E-state index contributed by atoms with van der Waals surface area (Å²) in [7, 11) is 0. The summed E-state index contributed by atoms with van der Waals surface area (Å²) >= 11 is 0. The average molecular weight is 232 g/mol. The van der Waals surface area contributed by atoms with Crippen molar-refractivity contribution in [1.82, 2.24) is 0 Å². The Bertz CT molecular complexity index is 432. The molecule has 17 heavy (non-hydrogen) atoms. The first kappa shape index (κ1) is 10.1. The van der Waals surface area contributed by atoms with E-state index in [1.54, 1.807) is 0 Å². The number of fused-ring (bicyclic) bond motifs is 1. The highest BCUT2D eigenvalue weighted by Gasteiger charge is 2.67. The molecule has 0 amide bonds. The minimum Gasteiger partial charge on any atom is -0.347 e. The molecule has 3 aliphatic heterocycles. The first-order valence-corrected chi connectivity index (χ1v) is 6.40. The van der Waals surface area contributed by atoms with Crippen molar-refractivity contribution in [1.29, 1.82) is 0 Å². The molecule has 3 heteroatoms. The molecule has 1 spiro atoms. The Morgan fingerprint density at radius 3 is 2.82 bits per heavy atom.